The van der Waals surface area contributed by atoms with E-state index < -0.39 is 0 Å². The van der Waals surface area contributed by atoms with Crippen molar-refractivity contribution in [3.05, 3.63) is 0 Å². The second-order valence-electron chi connectivity index (χ2n) is 4.33. The molecule has 0 bridgehead atoms. The van der Waals surface area contributed by atoms with Crippen LogP contribution in [0.1, 0.15) is 33.6 Å². The molecule has 98 valence electrons. The van der Waals surface area contributed by atoms with Gasteiger partial charge in [-0.2, -0.15) is 11.8 Å². The van der Waals surface area contributed by atoms with Crippen molar-refractivity contribution >= 4 is 23.6 Å². The summed E-state index contributed by atoms with van der Waals surface area (Å²) in [4.78, 5) is 25.3. The van der Waals surface area contributed by atoms with E-state index in [-0.39, 0.29) is 30.4 Å². The first kappa shape index (κ1) is 14.4. The van der Waals surface area contributed by atoms with Gasteiger partial charge in [-0.25, -0.2) is 0 Å². The van der Waals surface area contributed by atoms with E-state index in [1.165, 1.54) is 0 Å². The predicted molar refractivity (Wildman–Crippen MR) is 71.0 cm³/mol. The number of rotatable bonds is 6. The number of hydrogen-bond donors (Lipinski definition) is 1. The van der Waals surface area contributed by atoms with Crippen LogP contribution >= 0.6 is 11.8 Å². The normalized spacial score (nSPS) is 22.5. The Morgan fingerprint density at radius 1 is 1.47 bits per heavy atom. The van der Waals surface area contributed by atoms with Gasteiger partial charge in [-0.15, -0.1) is 0 Å². The number of nitrogens with zero attached hydrogens (tertiary/aromatic N) is 1. The minimum atomic E-state index is -0.322. The third-order valence-electron chi connectivity index (χ3n) is 3.05. The molecule has 1 saturated heterocycles. The molecule has 0 radical (unpaired) electrons. The van der Waals surface area contributed by atoms with Gasteiger partial charge in [-0.05, 0) is 31.3 Å². The fraction of sp³-hybridized carbons (Fsp3) is 0.833. The highest BCUT2D eigenvalue weighted by Crippen LogP contribution is 2.14. The molecule has 0 aromatic rings. The molecule has 0 aliphatic carbocycles. The Bertz CT molecular complexity index is 284. The quantitative estimate of drug-likeness (QED) is 0.730. The van der Waals surface area contributed by atoms with Crippen LogP contribution in [0.4, 0.5) is 0 Å². The summed E-state index contributed by atoms with van der Waals surface area (Å²) >= 11 is 1.87. The molecular formula is C12H22N2O2S. The van der Waals surface area contributed by atoms with Crippen LogP contribution in [0.15, 0.2) is 0 Å². The molecule has 1 aliphatic heterocycles. The largest absolute Gasteiger partial charge is 0.343 e. The molecule has 17 heavy (non-hydrogen) atoms. The molecular weight excluding hydrogens is 236 g/mol. The molecule has 0 saturated carbocycles. The summed E-state index contributed by atoms with van der Waals surface area (Å²) in [5, 5.41) is 2.73. The van der Waals surface area contributed by atoms with Crippen molar-refractivity contribution in [2.45, 2.75) is 45.7 Å². The van der Waals surface area contributed by atoms with Crippen LogP contribution in [-0.4, -0.2) is 46.8 Å². The maximum Gasteiger partial charge on any atom is 0.245 e. The first-order valence-corrected chi connectivity index (χ1v) is 7.43. The maximum absolute atomic E-state index is 12.1. The second kappa shape index (κ2) is 6.89. The van der Waals surface area contributed by atoms with Crippen molar-refractivity contribution in [2.24, 2.45) is 0 Å². The van der Waals surface area contributed by atoms with Crippen LogP contribution in [0.5, 0.6) is 0 Å². The molecule has 2 atom stereocenters. The van der Waals surface area contributed by atoms with Crippen molar-refractivity contribution in [1.82, 2.24) is 10.2 Å². The van der Waals surface area contributed by atoms with Gasteiger partial charge in [-0.1, -0.05) is 13.8 Å². The molecule has 1 aliphatic rings. The average Bonchev–Trinajstić information content (AvgIpc) is 2.31. The molecule has 4 nitrogen and oxygen atoms in total. The number of nitrogens with one attached hydrogen (secondary N) is 1. The van der Waals surface area contributed by atoms with Crippen LogP contribution in [0.2, 0.25) is 0 Å². The van der Waals surface area contributed by atoms with Crippen LogP contribution in [0.3, 0.4) is 0 Å². The van der Waals surface area contributed by atoms with E-state index >= 15 is 0 Å². The molecule has 2 amide bonds. The first-order valence-electron chi connectivity index (χ1n) is 6.27. The lowest BCUT2D eigenvalue weighted by molar-refractivity contribution is -0.146. The molecule has 1 heterocycles. The van der Waals surface area contributed by atoms with Crippen molar-refractivity contribution in [3.63, 3.8) is 0 Å². The van der Waals surface area contributed by atoms with Gasteiger partial charge < -0.3 is 10.2 Å². The zero-order chi connectivity index (χ0) is 12.8. The molecule has 5 heteroatoms. The molecule has 1 fully saturated rings. The van der Waals surface area contributed by atoms with Gasteiger partial charge in [0.25, 0.3) is 0 Å². The van der Waals surface area contributed by atoms with E-state index in [0.29, 0.717) is 6.42 Å². The molecule has 1 rings (SSSR count). The number of amides is 2. The van der Waals surface area contributed by atoms with E-state index in [2.05, 4.69) is 12.2 Å². The van der Waals surface area contributed by atoms with Crippen LogP contribution in [0, 0.1) is 0 Å². The highest BCUT2D eigenvalue weighted by Gasteiger charge is 2.33. The first-order chi connectivity index (χ1) is 8.10. The summed E-state index contributed by atoms with van der Waals surface area (Å²) in [5.41, 5.74) is 0. The zero-order valence-corrected chi connectivity index (χ0v) is 11.7. The van der Waals surface area contributed by atoms with Crippen LogP contribution < -0.4 is 5.32 Å². The minimum absolute atomic E-state index is 0.0357. The molecule has 0 aromatic carbocycles. The van der Waals surface area contributed by atoms with E-state index in [1.807, 2.05) is 25.6 Å². The minimum Gasteiger partial charge on any atom is -0.343 e. The highest BCUT2D eigenvalue weighted by atomic mass is 32.2. The highest BCUT2D eigenvalue weighted by molar-refractivity contribution is 7.99. The standard InChI is InChI=1S/C12H22N2O2S/c1-4-10-12(16)14(8-11(15)13-10)9(3)6-7-17-5-2/h9-10H,4-8H2,1-3H3,(H,13,15). The lowest BCUT2D eigenvalue weighted by Crippen LogP contribution is -2.60. The average molecular weight is 258 g/mol. The summed E-state index contributed by atoms with van der Waals surface area (Å²) in [5.74, 6) is 2.17. The zero-order valence-electron chi connectivity index (χ0n) is 10.9. The van der Waals surface area contributed by atoms with Gasteiger partial charge in [0, 0.05) is 6.04 Å². The van der Waals surface area contributed by atoms with Crippen molar-refractivity contribution in [2.75, 3.05) is 18.1 Å². The molecule has 0 aromatic heterocycles. The van der Waals surface area contributed by atoms with Crippen LogP contribution in [-0.2, 0) is 9.59 Å². The Kier molecular flexibility index (Phi) is 5.82. The maximum atomic E-state index is 12.1. The van der Waals surface area contributed by atoms with Gasteiger partial charge in [-0.3, -0.25) is 9.59 Å². The third-order valence-corrected chi connectivity index (χ3v) is 3.99. The van der Waals surface area contributed by atoms with E-state index in [0.717, 1.165) is 17.9 Å². The van der Waals surface area contributed by atoms with E-state index in [4.69, 9.17) is 0 Å². The number of piperazine rings is 1. The lowest BCUT2D eigenvalue weighted by Gasteiger charge is -2.36. The Balaban J connectivity index is 2.54. The summed E-state index contributed by atoms with van der Waals surface area (Å²) in [7, 11) is 0. The van der Waals surface area contributed by atoms with Gasteiger partial charge >= 0.3 is 0 Å². The van der Waals surface area contributed by atoms with Gasteiger partial charge in [0.1, 0.15) is 6.04 Å². The summed E-state index contributed by atoms with van der Waals surface area (Å²) in [6, 6.07) is -0.167. The predicted octanol–water partition coefficient (Wildman–Crippen LogP) is 1.26. The van der Waals surface area contributed by atoms with Crippen molar-refractivity contribution < 1.29 is 9.59 Å². The number of carbonyl (C=O) groups excluding carboxylic acids is 2. The fourth-order valence-electron chi connectivity index (χ4n) is 1.94. The summed E-state index contributed by atoms with van der Waals surface area (Å²) < 4.78 is 0. The van der Waals surface area contributed by atoms with Crippen molar-refractivity contribution in [3.8, 4) is 0 Å². The van der Waals surface area contributed by atoms with Crippen molar-refractivity contribution in [1.29, 1.82) is 0 Å². The number of hydrogen-bond acceptors (Lipinski definition) is 3. The number of thioether (sulfide) groups is 1. The fourth-order valence-corrected chi connectivity index (χ4v) is 2.73. The van der Waals surface area contributed by atoms with Gasteiger partial charge in [0.15, 0.2) is 0 Å². The Morgan fingerprint density at radius 2 is 2.18 bits per heavy atom. The van der Waals surface area contributed by atoms with Crippen LogP contribution in [0.25, 0.3) is 0 Å². The second-order valence-corrected chi connectivity index (χ2v) is 5.72. The number of carbonyl (C=O) groups is 2. The lowest BCUT2D eigenvalue weighted by atomic mass is 10.1. The SMILES string of the molecule is CCSCCC(C)N1CC(=O)NC(CC)C1=O. The molecule has 1 N–H and O–H groups in total. The molecule has 0 spiro atoms. The van der Waals surface area contributed by atoms with Gasteiger partial charge in [0.2, 0.25) is 11.8 Å². The van der Waals surface area contributed by atoms with Gasteiger partial charge in [0.05, 0.1) is 6.54 Å². The topological polar surface area (TPSA) is 49.4 Å². The monoisotopic (exact) mass is 258 g/mol. The summed E-state index contributed by atoms with van der Waals surface area (Å²) in [6.07, 6.45) is 1.62. The molecule has 2 unspecified atom stereocenters. The summed E-state index contributed by atoms with van der Waals surface area (Å²) in [6.45, 7) is 6.29. The third kappa shape index (κ3) is 3.91. The van der Waals surface area contributed by atoms with E-state index in [1.54, 1.807) is 4.90 Å². The van der Waals surface area contributed by atoms with E-state index in [9.17, 15) is 9.59 Å². The Morgan fingerprint density at radius 3 is 2.76 bits per heavy atom. The smallest absolute Gasteiger partial charge is 0.245 e. The Labute approximate surface area is 108 Å². The Hall–Kier alpha value is -0.710.